The van der Waals surface area contributed by atoms with Crippen LogP contribution in [0, 0.1) is 0 Å². The Bertz CT molecular complexity index is 453. The third-order valence-electron chi connectivity index (χ3n) is 3.01. The van der Waals surface area contributed by atoms with Gasteiger partial charge in [0, 0.05) is 5.92 Å². The van der Waals surface area contributed by atoms with Crippen molar-refractivity contribution in [2.45, 2.75) is 18.8 Å². The summed E-state index contributed by atoms with van der Waals surface area (Å²) in [4.78, 5) is 15.2. The molecule has 76 valence electrons. The standard InChI is InChI=1S/C12H11NOS/c14-11-7-15-12(13-11)10-6-5-8-3-1-2-4-9(8)10/h1-4,10H,5-7H2. The Morgan fingerprint density at radius 2 is 2.20 bits per heavy atom. The number of hydrogen-bond acceptors (Lipinski definition) is 2. The summed E-state index contributed by atoms with van der Waals surface area (Å²) in [6.07, 6.45) is 2.23. The molecule has 3 rings (SSSR count). The maximum Gasteiger partial charge on any atom is 0.256 e. The van der Waals surface area contributed by atoms with E-state index >= 15 is 0 Å². The second-order valence-electron chi connectivity index (χ2n) is 3.92. The summed E-state index contributed by atoms with van der Waals surface area (Å²) in [5.41, 5.74) is 2.79. The van der Waals surface area contributed by atoms with Crippen LogP contribution in [0.5, 0.6) is 0 Å². The zero-order valence-corrected chi connectivity index (χ0v) is 9.09. The molecule has 1 aliphatic carbocycles. The number of carbonyl (C=O) groups excluding carboxylic acids is 1. The van der Waals surface area contributed by atoms with Crippen molar-refractivity contribution in [1.82, 2.24) is 0 Å². The summed E-state index contributed by atoms with van der Waals surface area (Å²) in [5, 5.41) is 1.03. The Kier molecular flexibility index (Phi) is 2.13. The van der Waals surface area contributed by atoms with Crippen molar-refractivity contribution in [3.63, 3.8) is 0 Å². The lowest BCUT2D eigenvalue weighted by atomic mass is 10.0. The van der Waals surface area contributed by atoms with E-state index in [2.05, 4.69) is 29.3 Å². The molecule has 0 saturated heterocycles. The number of nitrogens with zero attached hydrogens (tertiary/aromatic N) is 1. The van der Waals surface area contributed by atoms with E-state index in [-0.39, 0.29) is 5.91 Å². The molecule has 0 saturated carbocycles. The highest BCUT2D eigenvalue weighted by Gasteiger charge is 2.30. The molecule has 0 bridgehead atoms. The lowest BCUT2D eigenvalue weighted by molar-refractivity contribution is -0.115. The molecule has 2 aliphatic rings. The lowest BCUT2D eigenvalue weighted by Gasteiger charge is -2.09. The van der Waals surface area contributed by atoms with Crippen LogP contribution in [0.15, 0.2) is 29.3 Å². The molecule has 1 heterocycles. The Hall–Kier alpha value is -1.09. The van der Waals surface area contributed by atoms with Crippen molar-refractivity contribution < 1.29 is 4.79 Å². The maximum atomic E-state index is 11.1. The highest BCUT2D eigenvalue weighted by atomic mass is 32.2. The molecule has 1 unspecified atom stereocenters. The summed E-state index contributed by atoms with van der Waals surface area (Å²) in [6.45, 7) is 0. The van der Waals surface area contributed by atoms with Gasteiger partial charge in [0.2, 0.25) is 0 Å². The van der Waals surface area contributed by atoms with Crippen LogP contribution in [-0.2, 0) is 11.2 Å². The fraction of sp³-hybridized carbons (Fsp3) is 0.333. The van der Waals surface area contributed by atoms with E-state index in [0.29, 0.717) is 11.7 Å². The van der Waals surface area contributed by atoms with E-state index in [9.17, 15) is 4.79 Å². The van der Waals surface area contributed by atoms with E-state index < -0.39 is 0 Å². The van der Waals surface area contributed by atoms with E-state index in [4.69, 9.17) is 0 Å². The quantitative estimate of drug-likeness (QED) is 0.722. The van der Waals surface area contributed by atoms with Crippen LogP contribution in [0.1, 0.15) is 23.5 Å². The SMILES string of the molecule is O=C1CSC(C2CCc3ccccc32)=N1. The van der Waals surface area contributed by atoms with Gasteiger partial charge in [0.25, 0.3) is 5.91 Å². The molecule has 0 fully saturated rings. The molecule has 3 heteroatoms. The molecule has 1 atom stereocenters. The third kappa shape index (κ3) is 1.51. The topological polar surface area (TPSA) is 29.4 Å². The maximum absolute atomic E-state index is 11.1. The molecular formula is C12H11NOS. The van der Waals surface area contributed by atoms with Crippen molar-refractivity contribution in [2.24, 2.45) is 4.99 Å². The van der Waals surface area contributed by atoms with Crippen LogP contribution in [0.2, 0.25) is 0 Å². The first-order valence-corrected chi connectivity index (χ1v) is 6.15. The van der Waals surface area contributed by atoms with Gasteiger partial charge in [-0.3, -0.25) is 4.79 Å². The summed E-state index contributed by atoms with van der Waals surface area (Å²) in [5.74, 6) is 0.950. The van der Waals surface area contributed by atoms with Gasteiger partial charge in [0.05, 0.1) is 10.8 Å². The van der Waals surface area contributed by atoms with E-state index in [1.165, 1.54) is 11.1 Å². The lowest BCUT2D eigenvalue weighted by Crippen LogP contribution is -2.03. The molecule has 1 aromatic carbocycles. The van der Waals surface area contributed by atoms with Gasteiger partial charge >= 0.3 is 0 Å². The number of fused-ring (bicyclic) bond motifs is 1. The van der Waals surface area contributed by atoms with Gasteiger partial charge in [-0.25, -0.2) is 4.99 Å². The molecule has 0 radical (unpaired) electrons. The van der Waals surface area contributed by atoms with Gasteiger partial charge in [-0.2, -0.15) is 0 Å². The van der Waals surface area contributed by atoms with Gasteiger partial charge in [-0.1, -0.05) is 24.3 Å². The third-order valence-corrected chi connectivity index (χ3v) is 4.07. The number of hydrogen-bond donors (Lipinski definition) is 0. The molecule has 2 nitrogen and oxygen atoms in total. The number of amides is 1. The molecule has 0 spiro atoms. The summed E-state index contributed by atoms with van der Waals surface area (Å²) < 4.78 is 0. The number of aryl methyl sites for hydroxylation is 1. The zero-order valence-electron chi connectivity index (χ0n) is 8.27. The first kappa shape index (κ1) is 9.16. The largest absolute Gasteiger partial charge is 0.272 e. The first-order valence-electron chi connectivity index (χ1n) is 5.16. The average molecular weight is 217 g/mol. The highest BCUT2D eigenvalue weighted by molar-refractivity contribution is 8.15. The summed E-state index contributed by atoms with van der Waals surface area (Å²) in [7, 11) is 0. The second-order valence-corrected chi connectivity index (χ2v) is 4.92. The summed E-state index contributed by atoms with van der Waals surface area (Å²) >= 11 is 1.61. The number of rotatable bonds is 1. The van der Waals surface area contributed by atoms with Crippen molar-refractivity contribution >= 4 is 22.7 Å². The van der Waals surface area contributed by atoms with Crippen LogP contribution in [0.4, 0.5) is 0 Å². The Labute approximate surface area is 92.8 Å². The van der Waals surface area contributed by atoms with Crippen molar-refractivity contribution in [1.29, 1.82) is 0 Å². The van der Waals surface area contributed by atoms with Gasteiger partial charge in [-0.05, 0) is 24.0 Å². The smallest absolute Gasteiger partial charge is 0.256 e. The Morgan fingerprint density at radius 3 is 3.00 bits per heavy atom. The van der Waals surface area contributed by atoms with Gasteiger partial charge in [0.1, 0.15) is 0 Å². The van der Waals surface area contributed by atoms with Crippen molar-refractivity contribution in [2.75, 3.05) is 5.75 Å². The number of carbonyl (C=O) groups is 1. The fourth-order valence-corrected chi connectivity index (χ4v) is 3.26. The minimum absolute atomic E-state index is 0.0272. The number of benzene rings is 1. The van der Waals surface area contributed by atoms with Crippen LogP contribution >= 0.6 is 11.8 Å². The molecule has 1 amide bonds. The summed E-state index contributed by atoms with van der Waals surface area (Å²) in [6, 6.07) is 8.49. The van der Waals surface area contributed by atoms with Gasteiger partial charge in [-0.15, -0.1) is 11.8 Å². The molecule has 0 N–H and O–H groups in total. The van der Waals surface area contributed by atoms with Crippen molar-refractivity contribution in [3.8, 4) is 0 Å². The van der Waals surface area contributed by atoms with E-state index in [0.717, 1.165) is 17.9 Å². The minimum Gasteiger partial charge on any atom is -0.272 e. The number of aliphatic imine (C=N–C) groups is 1. The molecule has 1 aliphatic heterocycles. The molecule has 0 aromatic heterocycles. The van der Waals surface area contributed by atoms with Crippen LogP contribution in [0.25, 0.3) is 0 Å². The molecule has 1 aromatic rings. The fourth-order valence-electron chi connectivity index (χ4n) is 2.32. The second kappa shape index (κ2) is 3.49. The van der Waals surface area contributed by atoms with Crippen LogP contribution in [-0.4, -0.2) is 16.7 Å². The molecular weight excluding hydrogens is 206 g/mol. The number of thioether (sulfide) groups is 1. The Morgan fingerprint density at radius 1 is 1.33 bits per heavy atom. The van der Waals surface area contributed by atoms with Gasteiger partial charge < -0.3 is 0 Å². The first-order chi connectivity index (χ1) is 7.34. The minimum atomic E-state index is 0.0272. The normalized spacial score (nSPS) is 24.1. The zero-order chi connectivity index (χ0) is 10.3. The predicted octanol–water partition coefficient (Wildman–Crippen LogP) is 2.39. The Balaban J connectivity index is 1.97. The average Bonchev–Trinajstić information content (AvgIpc) is 2.83. The van der Waals surface area contributed by atoms with E-state index in [1.807, 2.05) is 0 Å². The predicted molar refractivity (Wildman–Crippen MR) is 62.4 cm³/mol. The van der Waals surface area contributed by atoms with Gasteiger partial charge in [0.15, 0.2) is 0 Å². The van der Waals surface area contributed by atoms with Crippen molar-refractivity contribution in [3.05, 3.63) is 35.4 Å². The molecule has 15 heavy (non-hydrogen) atoms. The van der Waals surface area contributed by atoms with E-state index in [1.54, 1.807) is 11.8 Å². The van der Waals surface area contributed by atoms with Crippen LogP contribution in [0.3, 0.4) is 0 Å². The highest BCUT2D eigenvalue weighted by Crippen LogP contribution is 2.38. The monoisotopic (exact) mass is 217 g/mol. The van der Waals surface area contributed by atoms with Crippen LogP contribution < -0.4 is 0 Å².